The molecule has 4 nitrogen and oxygen atoms in total. The number of hydrogen-bond donors (Lipinski definition) is 2. The molecule has 0 aromatic heterocycles. The van der Waals surface area contributed by atoms with Gasteiger partial charge < -0.3 is 10.6 Å². The number of likely N-dealkylation sites (tertiary alicyclic amines) is 1. The number of guanidine groups is 1. The Morgan fingerprint density at radius 2 is 2.05 bits per heavy atom. The molecule has 1 aliphatic heterocycles. The molecular weight excluding hydrogens is 340 g/mol. The standard InChI is InChI=1S/C17H23BrN4/c1-3-10-20-17(19-2)21-16-8-11-22(12-9-16)13-14-4-6-15(18)7-5-14/h1,4-7,16H,8-13H2,2H3,(H2,19,20,21). The minimum Gasteiger partial charge on any atom is -0.354 e. The number of piperidine rings is 1. The van der Waals surface area contributed by atoms with Gasteiger partial charge in [0.25, 0.3) is 0 Å². The second-order valence-electron chi connectivity index (χ2n) is 5.45. The van der Waals surface area contributed by atoms with Crippen LogP contribution in [0.5, 0.6) is 0 Å². The number of nitrogens with one attached hydrogen (secondary N) is 2. The van der Waals surface area contributed by atoms with Crippen LogP contribution in [-0.4, -0.2) is 43.6 Å². The van der Waals surface area contributed by atoms with Crippen molar-refractivity contribution in [3.8, 4) is 12.3 Å². The molecule has 1 aromatic rings. The molecule has 0 unspecified atom stereocenters. The number of terminal acetylenes is 1. The summed E-state index contributed by atoms with van der Waals surface area (Å²) in [6, 6.07) is 9.03. The highest BCUT2D eigenvalue weighted by molar-refractivity contribution is 9.10. The smallest absolute Gasteiger partial charge is 0.191 e. The number of aliphatic imine (C=N–C) groups is 1. The summed E-state index contributed by atoms with van der Waals surface area (Å²) in [6.45, 7) is 3.71. The lowest BCUT2D eigenvalue weighted by molar-refractivity contribution is 0.198. The van der Waals surface area contributed by atoms with Crippen LogP contribution in [0.25, 0.3) is 0 Å². The topological polar surface area (TPSA) is 39.7 Å². The summed E-state index contributed by atoms with van der Waals surface area (Å²) in [7, 11) is 1.77. The number of benzene rings is 1. The van der Waals surface area contributed by atoms with E-state index in [2.05, 4.69) is 66.6 Å². The van der Waals surface area contributed by atoms with E-state index < -0.39 is 0 Å². The first kappa shape index (κ1) is 16.9. The maximum Gasteiger partial charge on any atom is 0.191 e. The van der Waals surface area contributed by atoms with Crippen molar-refractivity contribution in [1.29, 1.82) is 0 Å². The monoisotopic (exact) mass is 362 g/mol. The summed E-state index contributed by atoms with van der Waals surface area (Å²) in [5.41, 5.74) is 1.36. The maximum absolute atomic E-state index is 5.26. The van der Waals surface area contributed by atoms with Crippen LogP contribution in [-0.2, 0) is 6.54 Å². The van der Waals surface area contributed by atoms with Crippen molar-refractivity contribution in [2.45, 2.75) is 25.4 Å². The van der Waals surface area contributed by atoms with Crippen LogP contribution in [0, 0.1) is 12.3 Å². The van der Waals surface area contributed by atoms with Gasteiger partial charge in [-0.1, -0.05) is 34.0 Å². The molecule has 5 heteroatoms. The molecule has 0 atom stereocenters. The average molecular weight is 363 g/mol. The van der Waals surface area contributed by atoms with E-state index in [0.29, 0.717) is 12.6 Å². The van der Waals surface area contributed by atoms with E-state index in [4.69, 9.17) is 6.42 Å². The van der Waals surface area contributed by atoms with E-state index in [9.17, 15) is 0 Å². The van der Waals surface area contributed by atoms with Gasteiger partial charge >= 0.3 is 0 Å². The van der Waals surface area contributed by atoms with E-state index in [0.717, 1.165) is 42.9 Å². The molecule has 0 bridgehead atoms. The molecule has 2 N–H and O–H groups in total. The summed E-state index contributed by atoms with van der Waals surface area (Å²) in [4.78, 5) is 6.69. The number of rotatable bonds is 4. The third-order valence-electron chi connectivity index (χ3n) is 3.83. The molecule has 118 valence electrons. The predicted octanol–water partition coefficient (Wildman–Crippen LogP) is 2.21. The fourth-order valence-electron chi connectivity index (χ4n) is 2.61. The second-order valence-corrected chi connectivity index (χ2v) is 6.37. The molecule has 22 heavy (non-hydrogen) atoms. The van der Waals surface area contributed by atoms with Crippen molar-refractivity contribution in [2.24, 2.45) is 4.99 Å². The molecule has 0 amide bonds. The van der Waals surface area contributed by atoms with Crippen molar-refractivity contribution in [2.75, 3.05) is 26.7 Å². The number of nitrogens with zero attached hydrogens (tertiary/aromatic N) is 2. The van der Waals surface area contributed by atoms with Gasteiger partial charge in [-0.25, -0.2) is 0 Å². The summed E-state index contributed by atoms with van der Waals surface area (Å²) < 4.78 is 1.13. The third kappa shape index (κ3) is 5.36. The van der Waals surface area contributed by atoms with Gasteiger partial charge in [0.2, 0.25) is 0 Å². The molecular formula is C17H23BrN4. The van der Waals surface area contributed by atoms with Crippen molar-refractivity contribution >= 4 is 21.9 Å². The van der Waals surface area contributed by atoms with E-state index in [1.54, 1.807) is 7.05 Å². The molecule has 2 rings (SSSR count). The molecule has 1 saturated heterocycles. The van der Waals surface area contributed by atoms with E-state index >= 15 is 0 Å². The quantitative estimate of drug-likeness (QED) is 0.490. The van der Waals surface area contributed by atoms with Crippen LogP contribution in [0.15, 0.2) is 33.7 Å². The van der Waals surface area contributed by atoms with Crippen LogP contribution in [0.3, 0.4) is 0 Å². The Balaban J connectivity index is 1.75. The fraction of sp³-hybridized carbons (Fsp3) is 0.471. The minimum atomic E-state index is 0.463. The molecule has 0 radical (unpaired) electrons. The van der Waals surface area contributed by atoms with Crippen LogP contribution >= 0.6 is 15.9 Å². The first-order valence-electron chi connectivity index (χ1n) is 7.58. The first-order chi connectivity index (χ1) is 10.7. The van der Waals surface area contributed by atoms with Gasteiger partial charge in [-0.3, -0.25) is 9.89 Å². The molecule has 0 saturated carbocycles. The van der Waals surface area contributed by atoms with Crippen molar-refractivity contribution < 1.29 is 0 Å². The Kier molecular flexibility index (Phi) is 6.75. The van der Waals surface area contributed by atoms with Gasteiger partial charge in [0.1, 0.15) is 0 Å². The third-order valence-corrected chi connectivity index (χ3v) is 4.36. The highest BCUT2D eigenvalue weighted by Crippen LogP contribution is 2.16. The fourth-order valence-corrected chi connectivity index (χ4v) is 2.87. The minimum absolute atomic E-state index is 0.463. The van der Waals surface area contributed by atoms with Crippen molar-refractivity contribution in [3.05, 3.63) is 34.3 Å². The van der Waals surface area contributed by atoms with Gasteiger partial charge in [0.05, 0.1) is 6.54 Å². The van der Waals surface area contributed by atoms with Gasteiger partial charge in [-0.05, 0) is 30.5 Å². The molecule has 0 aliphatic carbocycles. The van der Waals surface area contributed by atoms with Gasteiger partial charge in [-0.15, -0.1) is 6.42 Å². The Morgan fingerprint density at radius 1 is 1.36 bits per heavy atom. The van der Waals surface area contributed by atoms with Gasteiger partial charge in [0, 0.05) is 37.2 Å². The van der Waals surface area contributed by atoms with Gasteiger partial charge in [0.15, 0.2) is 5.96 Å². The lowest BCUT2D eigenvalue weighted by Crippen LogP contribution is -2.48. The zero-order chi connectivity index (χ0) is 15.8. The zero-order valence-electron chi connectivity index (χ0n) is 13.0. The largest absolute Gasteiger partial charge is 0.354 e. The highest BCUT2D eigenvalue weighted by atomic mass is 79.9. The molecule has 1 heterocycles. The summed E-state index contributed by atoms with van der Waals surface area (Å²) in [6.07, 6.45) is 7.50. The van der Waals surface area contributed by atoms with Crippen molar-refractivity contribution in [3.63, 3.8) is 0 Å². The average Bonchev–Trinajstić information content (AvgIpc) is 2.55. The second kappa shape index (κ2) is 8.82. The SMILES string of the molecule is C#CCNC(=NC)NC1CCN(Cc2ccc(Br)cc2)CC1. The normalized spacial score (nSPS) is 17.0. The molecule has 1 aromatic carbocycles. The molecule has 1 fully saturated rings. The molecule has 1 aliphatic rings. The van der Waals surface area contributed by atoms with E-state index in [-0.39, 0.29) is 0 Å². The van der Waals surface area contributed by atoms with E-state index in [1.807, 2.05) is 0 Å². The maximum atomic E-state index is 5.26. The Labute approximate surface area is 141 Å². The summed E-state index contributed by atoms with van der Waals surface area (Å²) >= 11 is 3.47. The van der Waals surface area contributed by atoms with Crippen LogP contribution < -0.4 is 10.6 Å². The molecule has 0 spiro atoms. The Morgan fingerprint density at radius 3 is 2.64 bits per heavy atom. The van der Waals surface area contributed by atoms with Gasteiger partial charge in [-0.2, -0.15) is 0 Å². The van der Waals surface area contributed by atoms with E-state index in [1.165, 1.54) is 5.56 Å². The van der Waals surface area contributed by atoms with Crippen LogP contribution in [0.4, 0.5) is 0 Å². The predicted molar refractivity (Wildman–Crippen MR) is 95.8 cm³/mol. The van der Waals surface area contributed by atoms with Crippen molar-refractivity contribution in [1.82, 2.24) is 15.5 Å². The first-order valence-corrected chi connectivity index (χ1v) is 8.38. The lowest BCUT2D eigenvalue weighted by Gasteiger charge is -2.33. The highest BCUT2D eigenvalue weighted by Gasteiger charge is 2.19. The summed E-state index contributed by atoms with van der Waals surface area (Å²) in [5.74, 6) is 3.36. The number of hydrogen-bond acceptors (Lipinski definition) is 2. The summed E-state index contributed by atoms with van der Waals surface area (Å²) in [5, 5.41) is 6.55. The van der Waals surface area contributed by atoms with Crippen LogP contribution in [0.1, 0.15) is 18.4 Å². The Bertz CT molecular complexity index is 525. The Hall–Kier alpha value is -1.51. The van der Waals surface area contributed by atoms with Crippen LogP contribution in [0.2, 0.25) is 0 Å². The zero-order valence-corrected chi connectivity index (χ0v) is 14.6. The lowest BCUT2D eigenvalue weighted by atomic mass is 10.0. The number of halogens is 1.